The van der Waals surface area contributed by atoms with E-state index in [4.69, 9.17) is 14.2 Å². The van der Waals surface area contributed by atoms with Crippen LogP contribution in [0.25, 0.3) is 0 Å². The van der Waals surface area contributed by atoms with Crippen molar-refractivity contribution in [3.05, 3.63) is 30.3 Å². The molecule has 0 saturated carbocycles. The zero-order valence-corrected chi connectivity index (χ0v) is 10.4. The molecule has 0 unspecified atom stereocenters. The molecule has 17 heavy (non-hydrogen) atoms. The molecule has 0 atom stereocenters. The van der Waals surface area contributed by atoms with Crippen molar-refractivity contribution in [2.75, 3.05) is 46.6 Å². The Balaban J connectivity index is 1.85. The van der Waals surface area contributed by atoms with Gasteiger partial charge in [0, 0.05) is 7.11 Å². The van der Waals surface area contributed by atoms with Crippen LogP contribution in [0.15, 0.2) is 30.3 Å². The number of nitrogens with two attached hydrogens (primary N) is 1. The quantitative estimate of drug-likeness (QED) is 0.598. The average molecular weight is 240 g/mol. The highest BCUT2D eigenvalue weighted by Gasteiger charge is 1.93. The Kier molecular flexibility index (Phi) is 8.28. The second-order valence-corrected chi connectivity index (χ2v) is 3.63. The van der Waals surface area contributed by atoms with E-state index in [0.29, 0.717) is 13.2 Å². The SMILES string of the molecule is COCC[NH2+]CCOCCOc1ccccc1. The van der Waals surface area contributed by atoms with Crippen molar-refractivity contribution in [1.29, 1.82) is 0 Å². The Morgan fingerprint density at radius 3 is 2.47 bits per heavy atom. The minimum Gasteiger partial charge on any atom is -0.491 e. The van der Waals surface area contributed by atoms with Crippen molar-refractivity contribution in [1.82, 2.24) is 0 Å². The number of benzene rings is 1. The first kappa shape index (κ1) is 14.0. The van der Waals surface area contributed by atoms with Crippen LogP contribution in [0.3, 0.4) is 0 Å². The van der Waals surface area contributed by atoms with Crippen molar-refractivity contribution >= 4 is 0 Å². The Morgan fingerprint density at radius 1 is 0.941 bits per heavy atom. The Labute approximate surface area is 103 Å². The standard InChI is InChI=1S/C13H21NO3/c1-15-9-7-14-8-10-16-11-12-17-13-5-3-2-4-6-13/h2-6,14H,7-12H2,1H3/p+1. The van der Waals surface area contributed by atoms with Gasteiger partial charge in [-0.25, -0.2) is 0 Å². The summed E-state index contributed by atoms with van der Waals surface area (Å²) in [5.41, 5.74) is 0. The maximum Gasteiger partial charge on any atom is 0.119 e. The number of ether oxygens (including phenoxy) is 3. The van der Waals surface area contributed by atoms with E-state index in [1.165, 1.54) is 0 Å². The van der Waals surface area contributed by atoms with E-state index in [2.05, 4.69) is 5.32 Å². The van der Waals surface area contributed by atoms with Gasteiger partial charge in [-0.1, -0.05) is 18.2 Å². The largest absolute Gasteiger partial charge is 0.491 e. The molecule has 0 aliphatic rings. The molecule has 0 aromatic heterocycles. The van der Waals surface area contributed by atoms with Crippen LogP contribution in [0.1, 0.15) is 0 Å². The van der Waals surface area contributed by atoms with Gasteiger partial charge in [-0.15, -0.1) is 0 Å². The summed E-state index contributed by atoms with van der Waals surface area (Å²) in [5.74, 6) is 0.891. The summed E-state index contributed by atoms with van der Waals surface area (Å²) >= 11 is 0. The molecular weight excluding hydrogens is 218 g/mol. The van der Waals surface area contributed by atoms with Gasteiger partial charge in [-0.05, 0) is 12.1 Å². The molecule has 96 valence electrons. The fourth-order valence-corrected chi connectivity index (χ4v) is 1.35. The van der Waals surface area contributed by atoms with Crippen LogP contribution in [0, 0.1) is 0 Å². The van der Waals surface area contributed by atoms with Gasteiger partial charge in [0.05, 0.1) is 32.9 Å². The summed E-state index contributed by atoms with van der Waals surface area (Å²) in [5, 5.41) is 2.18. The van der Waals surface area contributed by atoms with Crippen LogP contribution in [0.5, 0.6) is 5.75 Å². The molecule has 1 aromatic carbocycles. The van der Waals surface area contributed by atoms with Gasteiger partial charge < -0.3 is 19.5 Å². The van der Waals surface area contributed by atoms with E-state index in [1.807, 2.05) is 30.3 Å². The molecular formula is C13H22NO3+. The molecule has 0 fully saturated rings. The summed E-state index contributed by atoms with van der Waals surface area (Å²) < 4.78 is 15.9. The van der Waals surface area contributed by atoms with Crippen LogP contribution >= 0.6 is 0 Å². The van der Waals surface area contributed by atoms with Crippen molar-refractivity contribution in [3.8, 4) is 5.75 Å². The number of hydrogen-bond donors (Lipinski definition) is 1. The first-order valence-electron chi connectivity index (χ1n) is 5.99. The van der Waals surface area contributed by atoms with Crippen molar-refractivity contribution < 1.29 is 19.5 Å². The minimum atomic E-state index is 0.599. The first-order valence-corrected chi connectivity index (χ1v) is 5.99. The van der Waals surface area contributed by atoms with E-state index in [9.17, 15) is 0 Å². The lowest BCUT2D eigenvalue weighted by Crippen LogP contribution is -2.86. The predicted octanol–water partition coefficient (Wildman–Crippen LogP) is 0.292. The molecule has 0 spiro atoms. The molecule has 2 N–H and O–H groups in total. The van der Waals surface area contributed by atoms with Crippen molar-refractivity contribution in [2.45, 2.75) is 0 Å². The molecule has 0 heterocycles. The number of methoxy groups -OCH3 is 1. The lowest BCUT2D eigenvalue weighted by Gasteiger charge is -2.06. The maximum atomic E-state index is 5.50. The smallest absolute Gasteiger partial charge is 0.119 e. The van der Waals surface area contributed by atoms with Gasteiger partial charge in [0.1, 0.15) is 12.4 Å². The molecule has 1 rings (SSSR count). The Hall–Kier alpha value is -1.10. The normalized spacial score (nSPS) is 10.4. The van der Waals surface area contributed by atoms with Gasteiger partial charge >= 0.3 is 0 Å². The molecule has 0 aliphatic heterocycles. The molecule has 1 aromatic rings. The highest BCUT2D eigenvalue weighted by atomic mass is 16.5. The fraction of sp³-hybridized carbons (Fsp3) is 0.538. The van der Waals surface area contributed by atoms with Crippen LogP contribution in [-0.4, -0.2) is 46.6 Å². The molecule has 0 aliphatic carbocycles. The maximum absolute atomic E-state index is 5.50. The van der Waals surface area contributed by atoms with Crippen molar-refractivity contribution in [3.63, 3.8) is 0 Å². The van der Waals surface area contributed by atoms with E-state index >= 15 is 0 Å². The lowest BCUT2D eigenvalue weighted by atomic mass is 10.3. The van der Waals surface area contributed by atoms with Gasteiger partial charge in [0.25, 0.3) is 0 Å². The number of quaternary nitrogens is 1. The Morgan fingerprint density at radius 2 is 1.71 bits per heavy atom. The second-order valence-electron chi connectivity index (χ2n) is 3.63. The topological polar surface area (TPSA) is 44.3 Å². The molecule has 4 nitrogen and oxygen atoms in total. The third-order valence-electron chi connectivity index (χ3n) is 2.23. The van der Waals surface area contributed by atoms with Crippen LogP contribution < -0.4 is 10.1 Å². The van der Waals surface area contributed by atoms with E-state index in [1.54, 1.807) is 7.11 Å². The van der Waals surface area contributed by atoms with E-state index in [-0.39, 0.29) is 0 Å². The van der Waals surface area contributed by atoms with Crippen LogP contribution in [-0.2, 0) is 9.47 Å². The molecule has 0 radical (unpaired) electrons. The van der Waals surface area contributed by atoms with Gasteiger partial charge in [-0.3, -0.25) is 0 Å². The zero-order chi connectivity index (χ0) is 12.2. The minimum absolute atomic E-state index is 0.599. The fourth-order valence-electron chi connectivity index (χ4n) is 1.35. The average Bonchev–Trinajstić information content (AvgIpc) is 2.38. The number of rotatable bonds is 10. The molecule has 4 heteroatoms. The summed E-state index contributed by atoms with van der Waals surface area (Å²) in [6, 6.07) is 9.78. The monoisotopic (exact) mass is 240 g/mol. The number of hydrogen-bond acceptors (Lipinski definition) is 3. The second kappa shape index (κ2) is 10.1. The Bertz CT molecular complexity index is 267. The van der Waals surface area contributed by atoms with Gasteiger partial charge in [-0.2, -0.15) is 0 Å². The summed E-state index contributed by atoms with van der Waals surface area (Å²) in [6.07, 6.45) is 0. The van der Waals surface area contributed by atoms with E-state index in [0.717, 1.165) is 32.1 Å². The molecule has 0 bridgehead atoms. The first-order chi connectivity index (χ1) is 8.43. The summed E-state index contributed by atoms with van der Waals surface area (Å²) in [6.45, 7) is 4.73. The summed E-state index contributed by atoms with van der Waals surface area (Å²) in [7, 11) is 1.71. The van der Waals surface area contributed by atoms with Gasteiger partial charge in [0.15, 0.2) is 0 Å². The lowest BCUT2D eigenvalue weighted by molar-refractivity contribution is -0.657. The van der Waals surface area contributed by atoms with E-state index < -0.39 is 0 Å². The third kappa shape index (κ3) is 7.74. The predicted molar refractivity (Wildman–Crippen MR) is 66.3 cm³/mol. The van der Waals surface area contributed by atoms with Gasteiger partial charge in [0.2, 0.25) is 0 Å². The number of para-hydroxylation sites is 1. The highest BCUT2D eigenvalue weighted by Crippen LogP contribution is 2.07. The molecule has 0 amide bonds. The summed E-state index contributed by atoms with van der Waals surface area (Å²) in [4.78, 5) is 0. The zero-order valence-electron chi connectivity index (χ0n) is 10.4. The van der Waals surface area contributed by atoms with Crippen LogP contribution in [0.4, 0.5) is 0 Å². The molecule has 0 saturated heterocycles. The van der Waals surface area contributed by atoms with Crippen molar-refractivity contribution in [2.24, 2.45) is 0 Å². The van der Waals surface area contributed by atoms with Crippen LogP contribution in [0.2, 0.25) is 0 Å². The third-order valence-corrected chi connectivity index (χ3v) is 2.23. The highest BCUT2D eigenvalue weighted by molar-refractivity contribution is 5.20.